The van der Waals surface area contributed by atoms with Crippen LogP contribution < -0.4 is 5.32 Å². The summed E-state index contributed by atoms with van der Waals surface area (Å²) in [5.74, 6) is -0.858. The summed E-state index contributed by atoms with van der Waals surface area (Å²) in [5.41, 5.74) is 0.820. The van der Waals surface area contributed by atoms with Gasteiger partial charge >= 0.3 is 0 Å². The van der Waals surface area contributed by atoms with Crippen molar-refractivity contribution in [2.24, 2.45) is 0 Å². The van der Waals surface area contributed by atoms with Gasteiger partial charge < -0.3 is 0 Å². The number of carbonyl (C=O) groups excluding carboxylic acids is 2. The molecule has 0 unspecified atom stereocenters. The van der Waals surface area contributed by atoms with Crippen molar-refractivity contribution in [2.45, 2.75) is 0 Å². The van der Waals surface area contributed by atoms with E-state index >= 15 is 0 Å². The largest absolute Gasteiger partial charge is 0.288 e. The molecule has 0 fully saturated rings. The normalized spacial score (nSPS) is 14.0. The Hall–Kier alpha value is -1.58. The molecule has 3 nitrogen and oxygen atoms in total. The molecule has 0 radical (unpaired) electrons. The number of benzene rings is 2. The molecule has 1 aliphatic heterocycles. The summed E-state index contributed by atoms with van der Waals surface area (Å²) in [6.45, 7) is 0. The molecule has 1 N–H and O–H groups in total. The molecule has 0 saturated heterocycles. The highest BCUT2D eigenvalue weighted by atomic mass is 35.5. The van der Waals surface area contributed by atoms with Crippen LogP contribution >= 0.6 is 23.2 Å². The van der Waals surface area contributed by atoms with Gasteiger partial charge in [0.15, 0.2) is 0 Å². The molecule has 2 aromatic carbocycles. The predicted molar refractivity (Wildman–Crippen MR) is 65.8 cm³/mol. The lowest BCUT2D eigenvalue weighted by molar-refractivity contribution is 0.0845. The van der Waals surface area contributed by atoms with Crippen LogP contribution in [0.4, 0.5) is 0 Å². The zero-order valence-corrected chi connectivity index (χ0v) is 9.89. The molecule has 5 heteroatoms. The number of rotatable bonds is 0. The van der Waals surface area contributed by atoms with Crippen LogP contribution in [-0.4, -0.2) is 11.8 Å². The molecule has 0 aromatic heterocycles. The Kier molecular flexibility index (Phi) is 2.15. The van der Waals surface area contributed by atoms with Crippen LogP contribution in [0.5, 0.6) is 0 Å². The number of nitrogens with one attached hydrogen (secondary N) is 1. The van der Waals surface area contributed by atoms with E-state index in [1.807, 2.05) is 0 Å². The lowest BCUT2D eigenvalue weighted by atomic mass is 9.95. The van der Waals surface area contributed by atoms with Crippen LogP contribution in [0.1, 0.15) is 20.7 Å². The maximum absolute atomic E-state index is 11.7. The Labute approximate surface area is 106 Å². The molecular weight excluding hydrogens is 261 g/mol. The molecule has 2 amide bonds. The summed E-state index contributed by atoms with van der Waals surface area (Å²) < 4.78 is 0. The Morgan fingerprint density at radius 1 is 0.941 bits per heavy atom. The van der Waals surface area contributed by atoms with Gasteiger partial charge in [0.05, 0.1) is 0 Å². The standard InChI is InChI=1S/C12H5Cl2NO2/c13-5-3-7-9(14)2-1-6-10(7)8(4-5)12(17)15-11(6)16/h1-4H,(H,15,16,17). The van der Waals surface area contributed by atoms with Gasteiger partial charge in [-0.25, -0.2) is 0 Å². The summed E-state index contributed by atoms with van der Waals surface area (Å²) in [4.78, 5) is 23.4. The molecule has 1 aliphatic rings. The number of hydrogen-bond acceptors (Lipinski definition) is 2. The number of carbonyl (C=O) groups is 2. The van der Waals surface area contributed by atoms with Crippen molar-refractivity contribution in [1.29, 1.82) is 0 Å². The third kappa shape index (κ3) is 1.43. The first kappa shape index (κ1) is 10.6. The highest BCUT2D eigenvalue weighted by molar-refractivity contribution is 6.39. The second-order valence-electron chi connectivity index (χ2n) is 3.75. The predicted octanol–water partition coefficient (Wildman–Crippen LogP) is 3.03. The quantitative estimate of drug-likeness (QED) is 0.745. The maximum Gasteiger partial charge on any atom is 0.258 e. The topological polar surface area (TPSA) is 46.2 Å². The van der Waals surface area contributed by atoms with E-state index in [1.165, 1.54) is 6.07 Å². The fourth-order valence-electron chi connectivity index (χ4n) is 2.02. The third-order valence-corrected chi connectivity index (χ3v) is 3.29. The van der Waals surface area contributed by atoms with E-state index in [1.54, 1.807) is 18.2 Å². The molecular formula is C12H5Cl2NO2. The average molecular weight is 266 g/mol. The van der Waals surface area contributed by atoms with Gasteiger partial charge in [-0.2, -0.15) is 0 Å². The van der Waals surface area contributed by atoms with E-state index in [-0.39, 0.29) is 0 Å². The molecule has 1 heterocycles. The van der Waals surface area contributed by atoms with Crippen LogP contribution in [0.2, 0.25) is 10.0 Å². The Morgan fingerprint density at radius 3 is 2.41 bits per heavy atom. The fraction of sp³-hybridized carbons (Fsp3) is 0. The SMILES string of the molecule is O=C1NC(=O)c2cc(Cl)cc3c(Cl)ccc1c23. The van der Waals surface area contributed by atoms with E-state index in [9.17, 15) is 9.59 Å². The van der Waals surface area contributed by atoms with E-state index in [0.29, 0.717) is 31.9 Å². The number of halogens is 2. The molecule has 3 rings (SSSR count). The number of hydrogen-bond donors (Lipinski definition) is 1. The average Bonchev–Trinajstić information content (AvgIpc) is 2.27. The van der Waals surface area contributed by atoms with Crippen molar-refractivity contribution >= 4 is 45.8 Å². The summed E-state index contributed by atoms with van der Waals surface area (Å²) in [6.07, 6.45) is 0. The molecule has 0 atom stereocenters. The van der Waals surface area contributed by atoms with Crippen molar-refractivity contribution in [2.75, 3.05) is 0 Å². The summed E-state index contributed by atoms with van der Waals surface area (Å²) >= 11 is 12.0. The van der Waals surface area contributed by atoms with Crippen molar-refractivity contribution in [3.05, 3.63) is 45.4 Å². The van der Waals surface area contributed by atoms with Crippen molar-refractivity contribution < 1.29 is 9.59 Å². The zero-order chi connectivity index (χ0) is 12.2. The minimum atomic E-state index is -0.447. The van der Waals surface area contributed by atoms with Crippen LogP contribution in [0.3, 0.4) is 0 Å². The van der Waals surface area contributed by atoms with Crippen LogP contribution in [0, 0.1) is 0 Å². The number of imide groups is 1. The molecule has 0 spiro atoms. The van der Waals surface area contributed by atoms with Crippen molar-refractivity contribution in [3.8, 4) is 0 Å². The van der Waals surface area contributed by atoms with Gasteiger partial charge in [0.25, 0.3) is 11.8 Å². The van der Waals surface area contributed by atoms with Gasteiger partial charge in [-0.15, -0.1) is 0 Å². The maximum atomic E-state index is 11.7. The second-order valence-corrected chi connectivity index (χ2v) is 4.60. The van der Waals surface area contributed by atoms with Crippen molar-refractivity contribution in [1.82, 2.24) is 5.32 Å². The summed E-state index contributed by atoms with van der Waals surface area (Å²) in [5, 5.41) is 4.33. The smallest absolute Gasteiger partial charge is 0.258 e. The summed E-state index contributed by atoms with van der Waals surface area (Å²) in [6, 6.07) is 6.40. The molecule has 17 heavy (non-hydrogen) atoms. The van der Waals surface area contributed by atoms with Crippen LogP contribution in [0.15, 0.2) is 24.3 Å². The van der Waals surface area contributed by atoms with Crippen LogP contribution in [-0.2, 0) is 0 Å². The Morgan fingerprint density at radius 2 is 1.65 bits per heavy atom. The minimum absolute atomic E-state index is 0.379. The first-order valence-corrected chi connectivity index (χ1v) is 5.61. The molecule has 0 aliphatic carbocycles. The highest BCUT2D eigenvalue weighted by Gasteiger charge is 2.25. The second kappa shape index (κ2) is 3.45. The fourth-order valence-corrected chi connectivity index (χ4v) is 2.45. The molecule has 0 saturated carbocycles. The minimum Gasteiger partial charge on any atom is -0.288 e. The van der Waals surface area contributed by atoms with Gasteiger partial charge in [-0.05, 0) is 24.3 Å². The van der Waals surface area contributed by atoms with Crippen LogP contribution in [0.25, 0.3) is 10.8 Å². The van der Waals surface area contributed by atoms with Gasteiger partial charge in [-0.3, -0.25) is 14.9 Å². The van der Waals surface area contributed by atoms with Gasteiger partial charge in [0.1, 0.15) is 0 Å². The van der Waals surface area contributed by atoms with Gasteiger partial charge in [0, 0.05) is 31.9 Å². The molecule has 2 aromatic rings. The highest BCUT2D eigenvalue weighted by Crippen LogP contribution is 2.34. The van der Waals surface area contributed by atoms with E-state index in [4.69, 9.17) is 23.2 Å². The summed E-state index contributed by atoms with van der Waals surface area (Å²) in [7, 11) is 0. The Bertz CT molecular complexity index is 694. The first-order valence-electron chi connectivity index (χ1n) is 4.85. The monoisotopic (exact) mass is 265 g/mol. The lowest BCUT2D eigenvalue weighted by Gasteiger charge is -2.17. The van der Waals surface area contributed by atoms with Crippen molar-refractivity contribution in [3.63, 3.8) is 0 Å². The lowest BCUT2D eigenvalue weighted by Crippen LogP contribution is -2.34. The van der Waals surface area contributed by atoms with E-state index in [2.05, 4.69) is 5.32 Å². The van der Waals surface area contributed by atoms with E-state index in [0.717, 1.165) is 0 Å². The number of amides is 2. The molecule has 0 bridgehead atoms. The Balaban J connectivity index is 2.58. The third-order valence-electron chi connectivity index (χ3n) is 2.74. The first-order chi connectivity index (χ1) is 8.08. The zero-order valence-electron chi connectivity index (χ0n) is 8.38. The molecule has 84 valence electrons. The van der Waals surface area contributed by atoms with Gasteiger partial charge in [0.2, 0.25) is 0 Å². The van der Waals surface area contributed by atoms with E-state index < -0.39 is 11.8 Å². The van der Waals surface area contributed by atoms with Gasteiger partial charge in [-0.1, -0.05) is 23.2 Å².